The second-order valence-corrected chi connectivity index (χ2v) is 12.0. The minimum absolute atomic E-state index is 1.25. The third-order valence-corrected chi connectivity index (χ3v) is 8.01. The first-order chi connectivity index (χ1) is 22.8. The Hall–Kier alpha value is -3.21. The molecule has 0 bridgehead atoms. The van der Waals surface area contributed by atoms with Gasteiger partial charge in [-0.3, -0.25) is 4.55 Å². The average molecular weight is 885 g/mol. The zero-order chi connectivity index (χ0) is 43.1. The van der Waals surface area contributed by atoms with E-state index in [1.807, 2.05) is 0 Å². The summed E-state index contributed by atoms with van der Waals surface area (Å²) in [5.74, 6) is -84.8. The normalized spacial score (nSPS) is 16.8. The topological polar surface area (TPSA) is 110 Å². The van der Waals surface area contributed by atoms with E-state index in [9.17, 15) is 122 Å². The largest absolute Gasteiger partial charge is 0.460 e. The maximum Gasteiger partial charge on any atom is 0.460 e. The zero-order valence-corrected chi connectivity index (χ0v) is 24.7. The van der Waals surface area contributed by atoms with E-state index in [0.717, 1.165) is 0 Å². The predicted molar refractivity (Wildman–Crippen MR) is 109 cm³/mol. The van der Waals surface area contributed by atoms with Crippen LogP contribution in [0.4, 0.5) is 110 Å². The number of halogens is 25. The first kappa shape index (κ1) is 47.8. The van der Waals surface area contributed by atoms with E-state index >= 15 is 4.39 Å². The van der Waals surface area contributed by atoms with Crippen molar-refractivity contribution >= 4 is 20.4 Å². The lowest BCUT2D eigenvalue weighted by molar-refractivity contribution is -0.451. The minimum atomic E-state index is -9.27. The smallest absolute Gasteiger partial charge is 0.410 e. The number of nitrogens with zero attached hydrogens (tertiary/aromatic N) is 1. The number of ether oxygens (including phenoxy) is 1. The fourth-order valence-corrected chi connectivity index (χ4v) is 4.71. The van der Waals surface area contributed by atoms with E-state index in [-0.39, 0.29) is 0 Å². The quantitative estimate of drug-likeness (QED) is 0.0392. The molecule has 35 heteroatoms. The molecule has 1 aromatic rings. The molecule has 0 amide bonds. The highest BCUT2D eigenvalue weighted by molar-refractivity contribution is 7.89. The van der Waals surface area contributed by atoms with Crippen molar-refractivity contribution in [3.8, 4) is 0 Å². The van der Waals surface area contributed by atoms with Gasteiger partial charge in [0.15, 0.2) is 28.2 Å². The Labute approximate surface area is 272 Å². The van der Waals surface area contributed by atoms with Gasteiger partial charge in [0.2, 0.25) is 11.6 Å². The summed E-state index contributed by atoms with van der Waals surface area (Å²) in [6, 6.07) is -5.32. The van der Waals surface area contributed by atoms with Crippen molar-refractivity contribution in [2.45, 2.75) is 58.7 Å². The molecule has 53 heavy (non-hydrogen) atoms. The Bertz CT molecular complexity index is 1830. The molecule has 1 aromatic carbocycles. The molecule has 0 saturated carbocycles. The molecule has 0 saturated heterocycles. The average Bonchev–Trinajstić information content (AvgIpc) is 2.95. The van der Waals surface area contributed by atoms with Crippen LogP contribution in [0.1, 0.15) is 0 Å². The molecule has 1 rings (SSSR count). The lowest BCUT2D eigenvalue weighted by atomic mass is 9.91. The second kappa shape index (κ2) is 13.2. The van der Waals surface area contributed by atoms with Gasteiger partial charge in [-0.1, -0.05) is 0 Å². The molecule has 0 heterocycles. The molecule has 1 N–H and O–H groups in total. The van der Waals surface area contributed by atoms with Gasteiger partial charge in [0.05, 0.1) is 0 Å². The number of alkyl halides is 18. The van der Waals surface area contributed by atoms with Gasteiger partial charge in [0.1, 0.15) is 0 Å². The molecular formula is C18H4F25NO7S2. The zero-order valence-electron chi connectivity index (χ0n) is 23.1. The second-order valence-electron chi connectivity index (χ2n) is 9.09. The standard InChI is InChI=1S/C18H4F25NO7S2/c1-44(52(45,46)7-5(22)3(20)2(19)4(21)6(7)23)18(43,17(41,42)51-53(47,48)49)50-9(25)8(24)10(26,27)11(28,29)12(30,31)13(32,33)14(34,35)15(36,37)16(38,39)40/h1H3,(H,47,48,49). The van der Waals surface area contributed by atoms with E-state index in [0.29, 0.717) is 0 Å². The molecule has 0 aliphatic rings. The Morgan fingerprint density at radius 2 is 0.887 bits per heavy atom. The maximum atomic E-state index is 15.5. The van der Waals surface area contributed by atoms with Crippen LogP contribution >= 0.6 is 0 Å². The fourth-order valence-electron chi connectivity index (χ4n) is 2.98. The van der Waals surface area contributed by atoms with Gasteiger partial charge in [0, 0.05) is 7.05 Å². The van der Waals surface area contributed by atoms with Crippen molar-refractivity contribution in [2.75, 3.05) is 7.05 Å². The Kier molecular flexibility index (Phi) is 11.9. The third-order valence-electron chi connectivity index (χ3n) is 5.76. The van der Waals surface area contributed by atoms with E-state index in [1.165, 1.54) is 0 Å². The van der Waals surface area contributed by atoms with E-state index in [1.54, 1.807) is 0 Å². The first-order valence-electron chi connectivity index (χ1n) is 11.2. The van der Waals surface area contributed by atoms with Gasteiger partial charge in [-0.2, -0.15) is 100 Å². The van der Waals surface area contributed by atoms with E-state index in [2.05, 4.69) is 8.92 Å². The van der Waals surface area contributed by atoms with Gasteiger partial charge in [-0.05, 0) is 0 Å². The lowest BCUT2D eigenvalue weighted by Crippen LogP contribution is -2.72. The molecule has 0 fully saturated rings. The molecule has 310 valence electrons. The number of sulfonamides is 1. The summed E-state index contributed by atoms with van der Waals surface area (Å²) in [5, 5.41) is 0. The summed E-state index contributed by atoms with van der Waals surface area (Å²) in [6.45, 7) is 0. The maximum absolute atomic E-state index is 15.5. The highest BCUT2D eigenvalue weighted by Crippen LogP contribution is 2.63. The van der Waals surface area contributed by atoms with E-state index in [4.69, 9.17) is 4.55 Å². The van der Waals surface area contributed by atoms with Crippen LogP contribution in [0.5, 0.6) is 0 Å². The number of hydrogen-bond acceptors (Lipinski definition) is 6. The molecular weight excluding hydrogens is 881 g/mol. The van der Waals surface area contributed by atoms with Crippen LogP contribution in [-0.4, -0.2) is 86.5 Å². The van der Waals surface area contributed by atoms with Crippen molar-refractivity contribution in [1.29, 1.82) is 0 Å². The molecule has 0 radical (unpaired) electrons. The van der Waals surface area contributed by atoms with Crippen molar-refractivity contribution < 1.29 is 140 Å². The molecule has 0 aliphatic carbocycles. The monoisotopic (exact) mass is 885 g/mol. The summed E-state index contributed by atoms with van der Waals surface area (Å²) in [5.41, 5.74) is 0. The number of likely N-dealkylation sites (N-methyl/N-ethyl adjacent to an activating group) is 1. The van der Waals surface area contributed by atoms with Crippen molar-refractivity contribution in [1.82, 2.24) is 4.31 Å². The SMILES string of the molecule is CN(C(F)(OC(F)=C(F)C(F)(F)C(F)(F)C(F)(F)C(F)(F)C(F)(F)C(F)(F)C(F)(F)F)C(F)(F)OS(=O)(=O)O)S(=O)(=O)c1c(F)c(F)c(F)c(F)c1F. The van der Waals surface area contributed by atoms with Crippen molar-refractivity contribution in [3.05, 3.63) is 40.9 Å². The minimum Gasteiger partial charge on any atom is -0.410 e. The van der Waals surface area contributed by atoms with Crippen molar-refractivity contribution in [3.63, 3.8) is 0 Å². The van der Waals surface area contributed by atoms with Crippen LogP contribution in [-0.2, 0) is 29.3 Å². The fraction of sp³-hybridized carbons (Fsp3) is 0.556. The summed E-state index contributed by atoms with van der Waals surface area (Å²) < 4.78 is 397. The highest BCUT2D eigenvalue weighted by atomic mass is 32.3. The van der Waals surface area contributed by atoms with Crippen LogP contribution < -0.4 is 0 Å². The summed E-state index contributed by atoms with van der Waals surface area (Å²) in [7, 11) is -16.2. The van der Waals surface area contributed by atoms with Gasteiger partial charge < -0.3 is 4.74 Å². The Morgan fingerprint density at radius 1 is 0.566 bits per heavy atom. The van der Waals surface area contributed by atoms with Crippen molar-refractivity contribution in [2.24, 2.45) is 0 Å². The summed E-state index contributed by atoms with van der Waals surface area (Å²) in [4.78, 5) is -3.65. The number of allylic oxidation sites excluding steroid dienone is 1. The molecule has 0 spiro atoms. The molecule has 0 aromatic heterocycles. The molecule has 8 nitrogen and oxygen atoms in total. The molecule has 1 unspecified atom stereocenters. The van der Waals surface area contributed by atoms with Crippen LogP contribution in [0.25, 0.3) is 0 Å². The lowest BCUT2D eigenvalue weighted by Gasteiger charge is -2.41. The number of hydrogen-bond donors (Lipinski definition) is 1. The van der Waals surface area contributed by atoms with Crippen LogP contribution in [0.15, 0.2) is 16.7 Å². The summed E-state index contributed by atoms with van der Waals surface area (Å²) >= 11 is 0. The predicted octanol–water partition coefficient (Wildman–Crippen LogP) is 7.54. The third kappa shape index (κ3) is 7.08. The molecule has 1 atom stereocenters. The van der Waals surface area contributed by atoms with Gasteiger partial charge >= 0.3 is 70.2 Å². The summed E-state index contributed by atoms with van der Waals surface area (Å²) in [6.07, 6.45) is -15.6. The Morgan fingerprint density at radius 3 is 1.23 bits per heavy atom. The van der Waals surface area contributed by atoms with Gasteiger partial charge in [0.25, 0.3) is 10.0 Å². The van der Waals surface area contributed by atoms with Gasteiger partial charge in [-0.25, -0.2) is 30.4 Å². The first-order valence-corrected chi connectivity index (χ1v) is 14.0. The highest BCUT2D eigenvalue weighted by Gasteiger charge is 2.94. The van der Waals surface area contributed by atoms with Crippen LogP contribution in [0.3, 0.4) is 0 Å². The van der Waals surface area contributed by atoms with E-state index < -0.39 is 131 Å². The van der Waals surface area contributed by atoms with Crippen LogP contribution in [0, 0.1) is 29.1 Å². The molecule has 0 aliphatic heterocycles. The van der Waals surface area contributed by atoms with Crippen LogP contribution in [0.2, 0.25) is 0 Å². The number of benzene rings is 1. The number of rotatable bonds is 14. The van der Waals surface area contributed by atoms with Gasteiger partial charge in [-0.15, -0.1) is 4.31 Å². The Balaban J connectivity index is 4.19.